The summed E-state index contributed by atoms with van der Waals surface area (Å²) in [5.41, 5.74) is 1.09. The standard InChI is InChI=1S/C15H20ClNO3S/c1-3-20-15(19)7-8-17(2)14(18)11-21-10-12-5-4-6-13(16)9-12/h4-6,9H,3,7-8,10-11H2,1-2H3. The molecule has 0 unspecified atom stereocenters. The molecule has 4 nitrogen and oxygen atoms in total. The van der Waals surface area contributed by atoms with Crippen molar-refractivity contribution in [1.82, 2.24) is 4.90 Å². The fourth-order valence-corrected chi connectivity index (χ4v) is 2.74. The van der Waals surface area contributed by atoms with Crippen molar-refractivity contribution in [2.24, 2.45) is 0 Å². The fraction of sp³-hybridized carbons (Fsp3) is 0.467. The van der Waals surface area contributed by atoms with E-state index in [1.165, 1.54) is 11.8 Å². The minimum atomic E-state index is -0.274. The molecule has 0 N–H and O–H groups in total. The first-order valence-corrected chi connectivity index (χ1v) is 8.28. The number of halogens is 1. The number of hydrogen-bond donors (Lipinski definition) is 0. The van der Waals surface area contributed by atoms with Gasteiger partial charge in [0.05, 0.1) is 18.8 Å². The molecule has 0 bridgehead atoms. The Labute approximate surface area is 134 Å². The first-order valence-electron chi connectivity index (χ1n) is 6.74. The Hall–Kier alpha value is -1.20. The van der Waals surface area contributed by atoms with Crippen LogP contribution in [0.1, 0.15) is 18.9 Å². The average molecular weight is 330 g/mol. The third-order valence-electron chi connectivity index (χ3n) is 2.77. The molecular formula is C15H20ClNO3S. The number of hydrogen-bond acceptors (Lipinski definition) is 4. The summed E-state index contributed by atoms with van der Waals surface area (Å²) in [5, 5.41) is 0.700. The van der Waals surface area contributed by atoms with Gasteiger partial charge < -0.3 is 9.64 Å². The van der Waals surface area contributed by atoms with Gasteiger partial charge in [0.1, 0.15) is 0 Å². The second-order valence-electron chi connectivity index (χ2n) is 4.49. The first-order chi connectivity index (χ1) is 10.0. The van der Waals surface area contributed by atoms with E-state index in [9.17, 15) is 9.59 Å². The summed E-state index contributed by atoms with van der Waals surface area (Å²) in [6, 6.07) is 7.59. The molecule has 0 aliphatic heterocycles. The van der Waals surface area contributed by atoms with E-state index in [1.54, 1.807) is 18.9 Å². The van der Waals surface area contributed by atoms with Gasteiger partial charge in [0.25, 0.3) is 0 Å². The second-order valence-corrected chi connectivity index (χ2v) is 5.92. The van der Waals surface area contributed by atoms with Crippen LogP contribution in [0.3, 0.4) is 0 Å². The molecule has 0 heterocycles. The molecule has 0 spiro atoms. The van der Waals surface area contributed by atoms with Crippen LogP contribution in [0, 0.1) is 0 Å². The zero-order valence-corrected chi connectivity index (χ0v) is 13.9. The molecule has 0 aromatic heterocycles. The van der Waals surface area contributed by atoms with Crippen LogP contribution >= 0.6 is 23.4 Å². The topological polar surface area (TPSA) is 46.6 Å². The number of ether oxygens (including phenoxy) is 1. The van der Waals surface area contributed by atoms with Crippen molar-refractivity contribution in [3.05, 3.63) is 34.9 Å². The van der Waals surface area contributed by atoms with E-state index in [2.05, 4.69) is 0 Å². The van der Waals surface area contributed by atoms with Crippen molar-refractivity contribution >= 4 is 35.2 Å². The number of rotatable bonds is 8. The summed E-state index contributed by atoms with van der Waals surface area (Å²) in [4.78, 5) is 24.7. The Kier molecular flexibility index (Phi) is 8.23. The predicted octanol–water partition coefficient (Wildman–Crippen LogP) is 2.98. The summed E-state index contributed by atoms with van der Waals surface area (Å²) in [7, 11) is 1.70. The number of benzene rings is 1. The van der Waals surface area contributed by atoms with Crippen LogP contribution in [0.25, 0.3) is 0 Å². The normalized spacial score (nSPS) is 10.2. The van der Waals surface area contributed by atoms with Crippen molar-refractivity contribution in [2.45, 2.75) is 19.1 Å². The molecule has 0 saturated carbocycles. The smallest absolute Gasteiger partial charge is 0.307 e. The van der Waals surface area contributed by atoms with Gasteiger partial charge in [-0.3, -0.25) is 9.59 Å². The SMILES string of the molecule is CCOC(=O)CCN(C)C(=O)CSCc1cccc(Cl)c1. The number of carbonyl (C=O) groups is 2. The van der Waals surface area contributed by atoms with E-state index in [0.717, 1.165) is 11.3 Å². The van der Waals surface area contributed by atoms with Gasteiger partial charge in [0.15, 0.2) is 0 Å². The molecule has 0 saturated heterocycles. The Bertz CT molecular complexity index is 482. The number of thioether (sulfide) groups is 1. The lowest BCUT2D eigenvalue weighted by Gasteiger charge is -2.16. The van der Waals surface area contributed by atoms with Gasteiger partial charge in [-0.15, -0.1) is 11.8 Å². The minimum Gasteiger partial charge on any atom is -0.466 e. The molecule has 1 amide bonds. The Morgan fingerprint density at radius 2 is 2.14 bits per heavy atom. The quantitative estimate of drug-likeness (QED) is 0.688. The Morgan fingerprint density at radius 3 is 2.81 bits per heavy atom. The lowest BCUT2D eigenvalue weighted by atomic mass is 10.2. The summed E-state index contributed by atoms with van der Waals surface area (Å²) >= 11 is 7.44. The van der Waals surface area contributed by atoms with Gasteiger partial charge in [0.2, 0.25) is 5.91 Å². The van der Waals surface area contributed by atoms with Crippen molar-refractivity contribution in [3.63, 3.8) is 0 Å². The molecule has 0 fully saturated rings. The zero-order valence-electron chi connectivity index (χ0n) is 12.3. The maximum atomic E-state index is 11.9. The van der Waals surface area contributed by atoms with Crippen LogP contribution in [0.15, 0.2) is 24.3 Å². The van der Waals surface area contributed by atoms with Crippen molar-refractivity contribution in [1.29, 1.82) is 0 Å². The van der Waals surface area contributed by atoms with Crippen LogP contribution in [0.4, 0.5) is 0 Å². The van der Waals surface area contributed by atoms with E-state index >= 15 is 0 Å². The lowest BCUT2D eigenvalue weighted by molar-refractivity contribution is -0.143. The van der Waals surface area contributed by atoms with Gasteiger partial charge in [0, 0.05) is 24.4 Å². The molecule has 0 aliphatic rings. The highest BCUT2D eigenvalue weighted by atomic mass is 35.5. The van der Waals surface area contributed by atoms with E-state index in [0.29, 0.717) is 23.9 Å². The first kappa shape index (κ1) is 17.9. The van der Waals surface area contributed by atoms with Crippen molar-refractivity contribution in [3.8, 4) is 0 Å². The van der Waals surface area contributed by atoms with Crippen LogP contribution in [-0.2, 0) is 20.1 Å². The van der Waals surface area contributed by atoms with Gasteiger partial charge in [-0.25, -0.2) is 0 Å². The van der Waals surface area contributed by atoms with Crippen LogP contribution < -0.4 is 0 Å². The van der Waals surface area contributed by atoms with Gasteiger partial charge in [-0.1, -0.05) is 23.7 Å². The third-order valence-corrected chi connectivity index (χ3v) is 3.99. The molecule has 1 aromatic carbocycles. The van der Waals surface area contributed by atoms with E-state index in [1.807, 2.05) is 24.3 Å². The summed E-state index contributed by atoms with van der Waals surface area (Å²) < 4.78 is 4.83. The summed E-state index contributed by atoms with van der Waals surface area (Å²) in [6.45, 7) is 2.51. The largest absolute Gasteiger partial charge is 0.466 e. The third kappa shape index (κ3) is 7.39. The maximum Gasteiger partial charge on any atom is 0.307 e. The Morgan fingerprint density at radius 1 is 1.38 bits per heavy atom. The van der Waals surface area contributed by atoms with Crippen molar-refractivity contribution in [2.75, 3.05) is 26.0 Å². The molecule has 1 aromatic rings. The van der Waals surface area contributed by atoms with Gasteiger partial charge in [-0.2, -0.15) is 0 Å². The van der Waals surface area contributed by atoms with Gasteiger partial charge >= 0.3 is 5.97 Å². The van der Waals surface area contributed by atoms with E-state index in [4.69, 9.17) is 16.3 Å². The highest BCUT2D eigenvalue weighted by Gasteiger charge is 2.11. The molecule has 6 heteroatoms. The maximum absolute atomic E-state index is 11.9. The summed E-state index contributed by atoms with van der Waals surface area (Å²) in [5.74, 6) is 0.846. The lowest BCUT2D eigenvalue weighted by Crippen LogP contribution is -2.30. The number of amides is 1. The highest BCUT2D eigenvalue weighted by molar-refractivity contribution is 7.99. The zero-order chi connectivity index (χ0) is 15.7. The Balaban J connectivity index is 2.25. The molecule has 0 atom stereocenters. The molecule has 0 radical (unpaired) electrons. The van der Waals surface area contributed by atoms with E-state index in [-0.39, 0.29) is 18.3 Å². The average Bonchev–Trinajstić information content (AvgIpc) is 2.45. The number of nitrogens with zero attached hydrogens (tertiary/aromatic N) is 1. The van der Waals surface area contributed by atoms with E-state index < -0.39 is 0 Å². The molecular weight excluding hydrogens is 310 g/mol. The molecule has 21 heavy (non-hydrogen) atoms. The predicted molar refractivity (Wildman–Crippen MR) is 86.5 cm³/mol. The second kappa shape index (κ2) is 9.68. The molecule has 116 valence electrons. The van der Waals surface area contributed by atoms with Crippen LogP contribution in [0.5, 0.6) is 0 Å². The summed E-state index contributed by atoms with van der Waals surface area (Å²) in [6.07, 6.45) is 0.231. The molecule has 1 rings (SSSR count). The highest BCUT2D eigenvalue weighted by Crippen LogP contribution is 2.16. The van der Waals surface area contributed by atoms with Gasteiger partial charge in [-0.05, 0) is 24.6 Å². The fourth-order valence-electron chi connectivity index (χ4n) is 1.61. The molecule has 0 aliphatic carbocycles. The van der Waals surface area contributed by atoms with Crippen molar-refractivity contribution < 1.29 is 14.3 Å². The minimum absolute atomic E-state index is 0.00586. The number of carbonyl (C=O) groups excluding carboxylic acids is 2. The van der Waals surface area contributed by atoms with Crippen LogP contribution in [-0.4, -0.2) is 42.7 Å². The monoisotopic (exact) mass is 329 g/mol. The van der Waals surface area contributed by atoms with Crippen LogP contribution in [0.2, 0.25) is 5.02 Å². The number of esters is 1.